The SMILES string of the molecule is Cc1nnc(Sc2ccc(Cl)c(C(=O)O)c2)s1. The Bertz CT molecular complexity index is 571. The van der Waals surface area contributed by atoms with Crippen molar-refractivity contribution >= 4 is 40.7 Å². The molecule has 1 aromatic heterocycles. The Morgan fingerprint density at radius 3 is 2.82 bits per heavy atom. The van der Waals surface area contributed by atoms with Crippen LogP contribution in [-0.2, 0) is 0 Å². The number of aryl methyl sites for hydroxylation is 1. The Kier molecular flexibility index (Phi) is 3.66. The molecular weight excluding hydrogens is 280 g/mol. The predicted octanol–water partition coefficient (Wildman–Crippen LogP) is 3.35. The standard InChI is InChI=1S/C10H7ClN2O2S2/c1-5-12-13-10(16-5)17-6-2-3-8(11)7(4-6)9(14)15/h2-4H,1H3,(H,14,15). The van der Waals surface area contributed by atoms with E-state index >= 15 is 0 Å². The first-order chi connectivity index (χ1) is 8.06. The van der Waals surface area contributed by atoms with Crippen molar-refractivity contribution in [2.75, 3.05) is 0 Å². The molecular formula is C10H7ClN2O2S2. The lowest BCUT2D eigenvalue weighted by Crippen LogP contribution is -1.97. The number of carbonyl (C=O) groups is 1. The molecule has 1 N–H and O–H groups in total. The normalized spacial score (nSPS) is 10.5. The molecule has 17 heavy (non-hydrogen) atoms. The topological polar surface area (TPSA) is 63.1 Å². The van der Waals surface area contributed by atoms with Gasteiger partial charge < -0.3 is 5.11 Å². The fraction of sp³-hybridized carbons (Fsp3) is 0.100. The molecule has 0 amide bonds. The van der Waals surface area contributed by atoms with Crippen molar-refractivity contribution in [3.8, 4) is 0 Å². The van der Waals surface area contributed by atoms with Gasteiger partial charge in [0.1, 0.15) is 5.01 Å². The summed E-state index contributed by atoms with van der Waals surface area (Å²) in [6.07, 6.45) is 0. The second kappa shape index (κ2) is 5.03. The lowest BCUT2D eigenvalue weighted by molar-refractivity contribution is 0.0697. The average Bonchev–Trinajstić information content (AvgIpc) is 2.66. The van der Waals surface area contributed by atoms with E-state index < -0.39 is 5.97 Å². The molecule has 0 saturated heterocycles. The van der Waals surface area contributed by atoms with E-state index in [0.29, 0.717) is 0 Å². The molecule has 2 rings (SSSR count). The van der Waals surface area contributed by atoms with Crippen LogP contribution in [0.5, 0.6) is 0 Å². The van der Waals surface area contributed by atoms with E-state index in [1.165, 1.54) is 29.2 Å². The summed E-state index contributed by atoms with van der Waals surface area (Å²) in [7, 11) is 0. The predicted molar refractivity (Wildman–Crippen MR) is 67.2 cm³/mol. The average molecular weight is 287 g/mol. The quantitative estimate of drug-likeness (QED) is 0.937. The van der Waals surface area contributed by atoms with Gasteiger partial charge in [-0.1, -0.05) is 34.7 Å². The summed E-state index contributed by atoms with van der Waals surface area (Å²) in [6.45, 7) is 1.87. The minimum atomic E-state index is -1.04. The third kappa shape index (κ3) is 2.96. The lowest BCUT2D eigenvalue weighted by Gasteiger charge is -2.01. The molecule has 0 saturated carbocycles. The molecule has 0 aliphatic carbocycles. The highest BCUT2D eigenvalue weighted by atomic mass is 35.5. The van der Waals surface area contributed by atoms with E-state index in [4.69, 9.17) is 16.7 Å². The third-order valence-electron chi connectivity index (χ3n) is 1.88. The van der Waals surface area contributed by atoms with E-state index in [0.717, 1.165) is 14.2 Å². The van der Waals surface area contributed by atoms with E-state index in [1.54, 1.807) is 12.1 Å². The van der Waals surface area contributed by atoms with Crippen molar-refractivity contribution in [2.24, 2.45) is 0 Å². The Morgan fingerprint density at radius 2 is 2.24 bits per heavy atom. The van der Waals surface area contributed by atoms with Crippen LogP contribution in [0.15, 0.2) is 27.4 Å². The van der Waals surface area contributed by atoms with Crippen LogP contribution in [0.25, 0.3) is 0 Å². The molecule has 0 fully saturated rings. The van der Waals surface area contributed by atoms with Gasteiger partial charge in [-0.15, -0.1) is 10.2 Å². The molecule has 0 bridgehead atoms. The van der Waals surface area contributed by atoms with Gasteiger partial charge in [-0.3, -0.25) is 0 Å². The fourth-order valence-electron chi connectivity index (χ4n) is 1.15. The lowest BCUT2D eigenvalue weighted by atomic mass is 10.2. The number of hydrogen-bond acceptors (Lipinski definition) is 5. The molecule has 7 heteroatoms. The molecule has 0 aliphatic heterocycles. The fourth-order valence-corrected chi connectivity index (χ4v) is 3.18. The zero-order chi connectivity index (χ0) is 12.4. The molecule has 1 heterocycles. The van der Waals surface area contributed by atoms with Gasteiger partial charge >= 0.3 is 5.97 Å². The number of aromatic nitrogens is 2. The van der Waals surface area contributed by atoms with E-state index in [9.17, 15) is 4.79 Å². The minimum Gasteiger partial charge on any atom is -0.478 e. The summed E-state index contributed by atoms with van der Waals surface area (Å²) in [5.74, 6) is -1.04. The van der Waals surface area contributed by atoms with Crippen LogP contribution in [0.2, 0.25) is 5.02 Å². The smallest absolute Gasteiger partial charge is 0.337 e. The zero-order valence-corrected chi connectivity index (χ0v) is 11.1. The number of aromatic carboxylic acids is 1. The van der Waals surface area contributed by atoms with Crippen molar-refractivity contribution in [3.05, 3.63) is 33.8 Å². The van der Waals surface area contributed by atoms with Crippen LogP contribution in [0.4, 0.5) is 0 Å². The number of carboxylic acid groups (broad SMARTS) is 1. The van der Waals surface area contributed by atoms with Gasteiger partial charge in [-0.25, -0.2) is 4.79 Å². The van der Waals surface area contributed by atoms with Gasteiger partial charge in [0.15, 0.2) is 4.34 Å². The van der Waals surface area contributed by atoms with Crippen molar-refractivity contribution in [2.45, 2.75) is 16.2 Å². The Labute approximate surface area is 111 Å². The summed E-state index contributed by atoms with van der Waals surface area (Å²) in [5, 5.41) is 17.9. The van der Waals surface area contributed by atoms with Crippen molar-refractivity contribution in [3.63, 3.8) is 0 Å². The Balaban J connectivity index is 2.28. The minimum absolute atomic E-state index is 0.0953. The highest BCUT2D eigenvalue weighted by molar-refractivity contribution is 8.01. The summed E-state index contributed by atoms with van der Waals surface area (Å²) in [4.78, 5) is 11.7. The Hall–Kier alpha value is -1.11. The first kappa shape index (κ1) is 12.3. The monoisotopic (exact) mass is 286 g/mol. The Morgan fingerprint density at radius 1 is 1.47 bits per heavy atom. The number of halogens is 1. The molecule has 4 nitrogen and oxygen atoms in total. The largest absolute Gasteiger partial charge is 0.478 e. The molecule has 0 aliphatic rings. The third-order valence-corrected chi connectivity index (χ3v) is 4.09. The van der Waals surface area contributed by atoms with Crippen molar-refractivity contribution < 1.29 is 9.90 Å². The van der Waals surface area contributed by atoms with Gasteiger partial charge in [-0.2, -0.15) is 0 Å². The summed E-state index contributed by atoms with van der Waals surface area (Å²) < 4.78 is 0.779. The molecule has 2 aromatic rings. The number of hydrogen-bond donors (Lipinski definition) is 1. The number of benzene rings is 1. The van der Waals surface area contributed by atoms with Crippen LogP contribution in [0, 0.1) is 6.92 Å². The number of carboxylic acids is 1. The van der Waals surface area contributed by atoms with Crippen molar-refractivity contribution in [1.29, 1.82) is 0 Å². The first-order valence-electron chi connectivity index (χ1n) is 4.57. The molecule has 1 aromatic carbocycles. The number of rotatable bonds is 3. The highest BCUT2D eigenvalue weighted by Gasteiger charge is 2.11. The van der Waals surface area contributed by atoms with Crippen LogP contribution >= 0.6 is 34.7 Å². The second-order valence-electron chi connectivity index (χ2n) is 3.14. The van der Waals surface area contributed by atoms with E-state index in [1.807, 2.05) is 6.92 Å². The van der Waals surface area contributed by atoms with Gasteiger partial charge in [0.05, 0.1) is 10.6 Å². The zero-order valence-electron chi connectivity index (χ0n) is 8.68. The summed E-state index contributed by atoms with van der Waals surface area (Å²) in [5.41, 5.74) is 0.0953. The maximum Gasteiger partial charge on any atom is 0.337 e. The van der Waals surface area contributed by atoms with E-state index in [2.05, 4.69) is 10.2 Å². The van der Waals surface area contributed by atoms with Crippen LogP contribution in [0.3, 0.4) is 0 Å². The van der Waals surface area contributed by atoms with Crippen LogP contribution < -0.4 is 0 Å². The first-order valence-corrected chi connectivity index (χ1v) is 6.58. The maximum absolute atomic E-state index is 10.9. The highest BCUT2D eigenvalue weighted by Crippen LogP contribution is 2.32. The van der Waals surface area contributed by atoms with Crippen LogP contribution in [-0.4, -0.2) is 21.3 Å². The second-order valence-corrected chi connectivity index (χ2v) is 6.05. The molecule has 0 unspecified atom stereocenters. The molecule has 0 atom stereocenters. The van der Waals surface area contributed by atoms with Gasteiger partial charge in [0.25, 0.3) is 0 Å². The van der Waals surface area contributed by atoms with Gasteiger partial charge in [-0.05, 0) is 25.1 Å². The molecule has 0 radical (unpaired) electrons. The summed E-state index contributed by atoms with van der Waals surface area (Å²) in [6, 6.07) is 4.86. The van der Waals surface area contributed by atoms with Gasteiger partial charge in [0.2, 0.25) is 0 Å². The van der Waals surface area contributed by atoms with Gasteiger partial charge in [0, 0.05) is 4.90 Å². The summed E-state index contributed by atoms with van der Waals surface area (Å²) >= 11 is 8.62. The van der Waals surface area contributed by atoms with E-state index in [-0.39, 0.29) is 10.6 Å². The molecule has 88 valence electrons. The number of nitrogens with zero attached hydrogens (tertiary/aromatic N) is 2. The van der Waals surface area contributed by atoms with Crippen molar-refractivity contribution in [1.82, 2.24) is 10.2 Å². The maximum atomic E-state index is 10.9. The molecule has 0 spiro atoms. The van der Waals surface area contributed by atoms with Crippen LogP contribution in [0.1, 0.15) is 15.4 Å².